The maximum atomic E-state index is 6.39. The van der Waals surface area contributed by atoms with Gasteiger partial charge >= 0.3 is 0 Å². The van der Waals surface area contributed by atoms with Crippen molar-refractivity contribution in [2.24, 2.45) is 5.73 Å². The van der Waals surface area contributed by atoms with Gasteiger partial charge in [-0.3, -0.25) is 5.73 Å². The Morgan fingerprint density at radius 1 is 0.310 bits per heavy atom. The van der Waals surface area contributed by atoms with Crippen molar-refractivity contribution in [2.45, 2.75) is 239 Å². The minimum atomic E-state index is -0.884. The molecule has 0 aliphatic carbocycles. The van der Waals surface area contributed by atoms with Gasteiger partial charge in [0.25, 0.3) is 0 Å². The molecule has 0 aliphatic rings. The first-order chi connectivity index (χ1) is 20.7. The van der Waals surface area contributed by atoms with Gasteiger partial charge in [-0.2, -0.15) is 0 Å². The molecule has 254 valence electrons. The molecule has 0 heterocycles. The van der Waals surface area contributed by atoms with Gasteiger partial charge in [-0.05, 0) is 12.8 Å². The van der Waals surface area contributed by atoms with Crippen LogP contribution in [0.1, 0.15) is 233 Å². The van der Waals surface area contributed by atoms with Crippen molar-refractivity contribution in [3.05, 3.63) is 0 Å². The highest BCUT2D eigenvalue weighted by Gasteiger charge is 2.23. The van der Waals surface area contributed by atoms with E-state index in [0.29, 0.717) is 6.42 Å². The van der Waals surface area contributed by atoms with E-state index >= 15 is 0 Å². The van der Waals surface area contributed by atoms with Crippen LogP contribution < -0.4 is 5.73 Å². The number of rotatable bonds is 37. The molecule has 42 heavy (non-hydrogen) atoms. The van der Waals surface area contributed by atoms with Crippen LogP contribution in [0, 0.1) is 0 Å². The van der Waals surface area contributed by atoms with Crippen LogP contribution in [0.2, 0.25) is 0 Å². The van der Waals surface area contributed by atoms with Crippen molar-refractivity contribution in [2.75, 3.05) is 13.2 Å². The minimum Gasteiger partial charge on any atom is -0.338 e. The number of hydrogen-bond acceptors (Lipinski definition) is 3. The zero-order valence-corrected chi connectivity index (χ0v) is 29.6. The van der Waals surface area contributed by atoms with Crippen molar-refractivity contribution in [1.29, 1.82) is 0 Å². The van der Waals surface area contributed by atoms with Gasteiger partial charge in [0.2, 0.25) is 5.91 Å². The second kappa shape index (κ2) is 35.4. The maximum Gasteiger partial charge on any atom is 0.224 e. The Morgan fingerprint density at radius 3 is 0.690 bits per heavy atom. The van der Waals surface area contributed by atoms with Gasteiger partial charge in [-0.15, -0.1) is 0 Å². The van der Waals surface area contributed by atoms with Crippen LogP contribution in [-0.4, -0.2) is 19.1 Å². The van der Waals surface area contributed by atoms with Crippen LogP contribution in [0.5, 0.6) is 0 Å². The molecule has 0 amide bonds. The molecule has 0 aromatic carbocycles. The third-order valence-corrected chi connectivity index (χ3v) is 9.18. The van der Waals surface area contributed by atoms with Gasteiger partial charge in [0, 0.05) is 6.42 Å². The second-order valence-corrected chi connectivity index (χ2v) is 13.5. The van der Waals surface area contributed by atoms with Crippen LogP contribution in [0.25, 0.3) is 0 Å². The Kier molecular flexibility index (Phi) is 35.3. The molecule has 2 N–H and O–H groups in total. The molecule has 0 saturated heterocycles. The summed E-state index contributed by atoms with van der Waals surface area (Å²) in [6.07, 6.45) is 45.2. The second-order valence-electron chi connectivity index (χ2n) is 13.5. The first kappa shape index (κ1) is 41.9. The first-order valence-corrected chi connectivity index (χ1v) is 19.7. The summed E-state index contributed by atoms with van der Waals surface area (Å²) in [5.41, 5.74) is 6.39. The van der Waals surface area contributed by atoms with E-state index in [9.17, 15) is 0 Å². The van der Waals surface area contributed by atoms with Crippen molar-refractivity contribution < 1.29 is 9.47 Å². The summed E-state index contributed by atoms with van der Waals surface area (Å²) in [7, 11) is 0. The van der Waals surface area contributed by atoms with E-state index in [-0.39, 0.29) is 0 Å². The molecule has 0 atom stereocenters. The fraction of sp³-hybridized carbons (Fsp3) is 1.00. The Hall–Kier alpha value is -0.120. The van der Waals surface area contributed by atoms with Gasteiger partial charge in [0.05, 0.1) is 13.2 Å². The summed E-state index contributed by atoms with van der Waals surface area (Å²) >= 11 is 0. The molecular formula is C39H81NO2. The molecule has 3 heteroatoms. The quantitative estimate of drug-likeness (QED) is 0.0574. The number of hydrogen-bond donors (Lipinski definition) is 1. The molecule has 3 nitrogen and oxygen atoms in total. The lowest BCUT2D eigenvalue weighted by Gasteiger charge is -2.28. The molecular weight excluding hydrogens is 514 g/mol. The Bertz CT molecular complexity index is 445. The van der Waals surface area contributed by atoms with E-state index in [0.717, 1.165) is 26.1 Å². The monoisotopic (exact) mass is 596 g/mol. The highest BCUT2D eigenvalue weighted by atomic mass is 16.7. The Balaban J connectivity index is 3.37. The SMILES string of the molecule is CCCCCCCCCCCCCCCCCCOC(N)(CC)OCCCCCCCCCCCCCCCCCC. The van der Waals surface area contributed by atoms with E-state index in [4.69, 9.17) is 15.2 Å². The topological polar surface area (TPSA) is 44.5 Å². The molecule has 0 spiro atoms. The minimum absolute atomic E-state index is 0.713. The van der Waals surface area contributed by atoms with E-state index in [1.807, 2.05) is 0 Å². The summed E-state index contributed by atoms with van der Waals surface area (Å²) in [6, 6.07) is 0. The average molecular weight is 596 g/mol. The van der Waals surface area contributed by atoms with Crippen molar-refractivity contribution >= 4 is 0 Å². The zero-order valence-electron chi connectivity index (χ0n) is 29.6. The third kappa shape index (κ3) is 32.8. The normalized spacial score (nSPS) is 12.0. The molecule has 0 aromatic heterocycles. The summed E-state index contributed by atoms with van der Waals surface area (Å²) in [5, 5.41) is 0. The van der Waals surface area contributed by atoms with Crippen LogP contribution in [0.4, 0.5) is 0 Å². The zero-order chi connectivity index (χ0) is 30.7. The fourth-order valence-corrected chi connectivity index (χ4v) is 6.04. The number of unbranched alkanes of at least 4 members (excludes halogenated alkanes) is 30. The fourth-order valence-electron chi connectivity index (χ4n) is 6.04. The molecule has 0 radical (unpaired) electrons. The Morgan fingerprint density at radius 2 is 0.500 bits per heavy atom. The standard InChI is InChI=1S/C39H81NO2/c1-4-7-9-11-13-15-17-19-21-23-25-27-29-31-33-35-37-41-39(40,6-3)42-38-36-34-32-30-28-26-24-22-20-18-16-14-12-10-8-5-2/h4-38,40H2,1-3H3. The van der Waals surface area contributed by atoms with Crippen LogP contribution >= 0.6 is 0 Å². The number of nitrogens with two attached hydrogens (primary N) is 1. The molecule has 0 unspecified atom stereocenters. The van der Waals surface area contributed by atoms with Crippen LogP contribution in [-0.2, 0) is 9.47 Å². The Labute approximate surface area is 266 Å². The smallest absolute Gasteiger partial charge is 0.224 e. The molecule has 0 aliphatic heterocycles. The average Bonchev–Trinajstić information content (AvgIpc) is 3.00. The molecule has 0 rings (SSSR count). The summed E-state index contributed by atoms with van der Waals surface area (Å²) in [6.45, 7) is 8.11. The van der Waals surface area contributed by atoms with Gasteiger partial charge in [0.1, 0.15) is 0 Å². The molecule has 0 saturated carbocycles. The predicted molar refractivity (Wildman–Crippen MR) is 188 cm³/mol. The van der Waals surface area contributed by atoms with Crippen molar-refractivity contribution in [3.63, 3.8) is 0 Å². The van der Waals surface area contributed by atoms with Crippen LogP contribution in [0.15, 0.2) is 0 Å². The van der Waals surface area contributed by atoms with Gasteiger partial charge in [-0.25, -0.2) is 0 Å². The molecule has 0 bridgehead atoms. The lowest BCUT2D eigenvalue weighted by Crippen LogP contribution is -2.45. The van der Waals surface area contributed by atoms with Crippen molar-refractivity contribution in [3.8, 4) is 0 Å². The first-order valence-electron chi connectivity index (χ1n) is 19.7. The van der Waals surface area contributed by atoms with Gasteiger partial charge < -0.3 is 9.47 Å². The van der Waals surface area contributed by atoms with E-state index in [1.54, 1.807) is 0 Å². The lowest BCUT2D eigenvalue weighted by molar-refractivity contribution is -0.236. The lowest BCUT2D eigenvalue weighted by atomic mass is 10.0. The highest BCUT2D eigenvalue weighted by Crippen LogP contribution is 2.17. The molecule has 0 fully saturated rings. The largest absolute Gasteiger partial charge is 0.338 e. The van der Waals surface area contributed by atoms with Gasteiger partial charge in [-0.1, -0.05) is 213 Å². The van der Waals surface area contributed by atoms with Gasteiger partial charge in [0.15, 0.2) is 0 Å². The van der Waals surface area contributed by atoms with E-state index < -0.39 is 5.91 Å². The van der Waals surface area contributed by atoms with Crippen molar-refractivity contribution in [1.82, 2.24) is 0 Å². The van der Waals surface area contributed by atoms with E-state index in [1.165, 1.54) is 193 Å². The third-order valence-electron chi connectivity index (χ3n) is 9.18. The number of ether oxygens (including phenoxy) is 2. The predicted octanol–water partition coefficient (Wildman–Crippen LogP) is 13.6. The summed E-state index contributed by atoms with van der Waals surface area (Å²) < 4.78 is 12.0. The maximum absolute atomic E-state index is 6.39. The van der Waals surface area contributed by atoms with Crippen LogP contribution in [0.3, 0.4) is 0 Å². The summed E-state index contributed by atoms with van der Waals surface area (Å²) in [4.78, 5) is 0. The summed E-state index contributed by atoms with van der Waals surface area (Å²) in [5.74, 6) is -0.884. The highest BCUT2D eigenvalue weighted by molar-refractivity contribution is 4.59. The van der Waals surface area contributed by atoms with E-state index in [2.05, 4.69) is 20.8 Å². The molecule has 0 aromatic rings.